The van der Waals surface area contributed by atoms with Crippen molar-refractivity contribution in [2.45, 2.75) is 32.7 Å². The lowest BCUT2D eigenvalue weighted by Gasteiger charge is -2.32. The highest BCUT2D eigenvalue weighted by atomic mass is 35.5. The van der Waals surface area contributed by atoms with Crippen LogP contribution in [0, 0.1) is 12.8 Å². The van der Waals surface area contributed by atoms with Crippen molar-refractivity contribution < 1.29 is 4.79 Å². The lowest BCUT2D eigenvalue weighted by atomic mass is 9.95. The Morgan fingerprint density at radius 3 is 2.77 bits per heavy atom. The predicted molar refractivity (Wildman–Crippen MR) is 93.1 cm³/mol. The van der Waals surface area contributed by atoms with Crippen molar-refractivity contribution >= 4 is 18.3 Å². The zero-order chi connectivity index (χ0) is 15.1. The highest BCUT2D eigenvalue weighted by Crippen LogP contribution is 2.18. The molecule has 2 rings (SSSR count). The summed E-state index contributed by atoms with van der Waals surface area (Å²) in [5, 5.41) is 3.01. The monoisotopic (exact) mass is 325 g/mol. The minimum atomic E-state index is 0. The van der Waals surface area contributed by atoms with Gasteiger partial charge in [-0.15, -0.1) is 12.4 Å². The molecule has 1 aliphatic rings. The topological polar surface area (TPSA) is 58.4 Å². The number of nitrogens with zero attached hydrogens (tertiary/aromatic N) is 1. The first-order chi connectivity index (χ1) is 10.2. The van der Waals surface area contributed by atoms with E-state index in [9.17, 15) is 4.79 Å². The molecule has 4 nitrogen and oxygen atoms in total. The Labute approximate surface area is 139 Å². The first-order valence-electron chi connectivity index (χ1n) is 7.92. The van der Waals surface area contributed by atoms with E-state index >= 15 is 0 Å². The number of halogens is 1. The molecule has 1 amide bonds. The number of hydrogen-bond donors (Lipinski definition) is 2. The number of likely N-dealkylation sites (tertiary alicyclic amines) is 1. The highest BCUT2D eigenvalue weighted by Gasteiger charge is 2.20. The molecule has 0 aromatic heterocycles. The number of nitrogens with one attached hydrogen (secondary N) is 1. The lowest BCUT2D eigenvalue weighted by Crippen LogP contribution is -2.42. The highest BCUT2D eigenvalue weighted by molar-refractivity contribution is 5.85. The Morgan fingerprint density at radius 2 is 2.09 bits per heavy atom. The molecule has 0 radical (unpaired) electrons. The Morgan fingerprint density at radius 1 is 1.36 bits per heavy atom. The third-order valence-corrected chi connectivity index (χ3v) is 4.16. The fourth-order valence-corrected chi connectivity index (χ4v) is 2.93. The molecule has 0 spiro atoms. The predicted octanol–water partition coefficient (Wildman–Crippen LogP) is 2.09. The average Bonchev–Trinajstić information content (AvgIpc) is 2.47. The zero-order valence-corrected chi connectivity index (χ0v) is 14.2. The molecule has 1 saturated heterocycles. The van der Waals surface area contributed by atoms with Gasteiger partial charge in [0, 0.05) is 13.1 Å². The van der Waals surface area contributed by atoms with Gasteiger partial charge in [0.25, 0.3) is 0 Å². The molecule has 1 aliphatic heterocycles. The summed E-state index contributed by atoms with van der Waals surface area (Å²) in [4.78, 5) is 14.3. The maximum atomic E-state index is 12.0. The maximum Gasteiger partial charge on any atom is 0.234 e. The molecule has 1 aromatic carbocycles. The first-order valence-corrected chi connectivity index (χ1v) is 7.92. The van der Waals surface area contributed by atoms with Gasteiger partial charge in [-0.05, 0) is 50.8 Å². The molecule has 0 aliphatic carbocycles. The Bertz CT molecular complexity index is 448. The van der Waals surface area contributed by atoms with E-state index in [0.717, 1.165) is 31.6 Å². The van der Waals surface area contributed by atoms with Crippen molar-refractivity contribution in [3.63, 3.8) is 0 Å². The van der Waals surface area contributed by atoms with Crippen LogP contribution in [0.5, 0.6) is 0 Å². The van der Waals surface area contributed by atoms with Crippen molar-refractivity contribution in [2.24, 2.45) is 11.7 Å². The van der Waals surface area contributed by atoms with E-state index in [4.69, 9.17) is 5.73 Å². The van der Waals surface area contributed by atoms with Gasteiger partial charge in [0.1, 0.15) is 0 Å². The Balaban J connectivity index is 0.00000242. The number of piperidine rings is 1. The van der Waals surface area contributed by atoms with Gasteiger partial charge in [-0.3, -0.25) is 9.69 Å². The third-order valence-electron chi connectivity index (χ3n) is 4.16. The van der Waals surface area contributed by atoms with Gasteiger partial charge in [0.15, 0.2) is 0 Å². The van der Waals surface area contributed by atoms with Crippen LogP contribution in [-0.2, 0) is 11.3 Å². The van der Waals surface area contributed by atoms with Crippen LogP contribution in [0.1, 0.15) is 30.4 Å². The van der Waals surface area contributed by atoms with Crippen LogP contribution >= 0.6 is 12.4 Å². The molecule has 22 heavy (non-hydrogen) atoms. The minimum Gasteiger partial charge on any atom is -0.351 e. The molecule has 1 atom stereocenters. The molecule has 5 heteroatoms. The van der Waals surface area contributed by atoms with Crippen LogP contribution in [0.25, 0.3) is 0 Å². The van der Waals surface area contributed by atoms with Gasteiger partial charge in [-0.2, -0.15) is 0 Å². The largest absolute Gasteiger partial charge is 0.351 e. The lowest BCUT2D eigenvalue weighted by molar-refractivity contribution is -0.122. The fraction of sp³-hybridized carbons (Fsp3) is 0.588. The summed E-state index contributed by atoms with van der Waals surface area (Å²) in [5.41, 5.74) is 8.02. The minimum absolute atomic E-state index is 0. The molecule has 124 valence electrons. The van der Waals surface area contributed by atoms with E-state index in [1.54, 1.807) is 0 Å². The summed E-state index contributed by atoms with van der Waals surface area (Å²) in [6.07, 6.45) is 3.50. The molecule has 0 saturated carbocycles. The van der Waals surface area contributed by atoms with Gasteiger partial charge >= 0.3 is 0 Å². The summed E-state index contributed by atoms with van der Waals surface area (Å²) in [5.74, 6) is 0.776. The van der Waals surface area contributed by atoms with Gasteiger partial charge < -0.3 is 11.1 Å². The number of benzene rings is 1. The normalized spacial score (nSPS) is 18.5. The van der Waals surface area contributed by atoms with Crippen LogP contribution in [0.4, 0.5) is 0 Å². The third kappa shape index (κ3) is 6.34. The SMILES string of the molecule is Cc1ccc(CNC(=O)CN2CCCC(CCN)C2)cc1.Cl. The second-order valence-electron chi connectivity index (χ2n) is 6.08. The maximum absolute atomic E-state index is 12.0. The number of carbonyl (C=O) groups is 1. The average molecular weight is 326 g/mol. The smallest absolute Gasteiger partial charge is 0.234 e. The van der Waals surface area contributed by atoms with Gasteiger partial charge in [-0.25, -0.2) is 0 Å². The van der Waals surface area contributed by atoms with E-state index in [1.165, 1.54) is 18.4 Å². The number of carbonyl (C=O) groups excluding carboxylic acids is 1. The van der Waals surface area contributed by atoms with Crippen LogP contribution in [0.3, 0.4) is 0 Å². The van der Waals surface area contributed by atoms with Crippen molar-refractivity contribution in [2.75, 3.05) is 26.2 Å². The fourth-order valence-electron chi connectivity index (χ4n) is 2.93. The molecule has 1 fully saturated rings. The van der Waals surface area contributed by atoms with E-state index in [-0.39, 0.29) is 18.3 Å². The number of nitrogens with two attached hydrogens (primary N) is 1. The number of aryl methyl sites for hydroxylation is 1. The first kappa shape index (κ1) is 18.9. The zero-order valence-electron chi connectivity index (χ0n) is 13.4. The van der Waals surface area contributed by atoms with E-state index < -0.39 is 0 Å². The number of rotatable bonds is 6. The van der Waals surface area contributed by atoms with Crippen LogP contribution in [-0.4, -0.2) is 37.0 Å². The summed E-state index contributed by atoms with van der Waals surface area (Å²) in [7, 11) is 0. The molecule has 1 unspecified atom stereocenters. The Hall–Kier alpha value is -1.10. The molecule has 3 N–H and O–H groups in total. The van der Waals surface area contributed by atoms with Crippen molar-refractivity contribution in [3.8, 4) is 0 Å². The van der Waals surface area contributed by atoms with Crippen LogP contribution in [0.2, 0.25) is 0 Å². The molecule has 1 heterocycles. The van der Waals surface area contributed by atoms with E-state index in [1.807, 2.05) is 0 Å². The Kier molecular flexibility index (Phi) is 8.46. The molecular formula is C17H28ClN3O. The van der Waals surface area contributed by atoms with E-state index in [0.29, 0.717) is 19.0 Å². The van der Waals surface area contributed by atoms with Crippen LogP contribution < -0.4 is 11.1 Å². The van der Waals surface area contributed by atoms with Crippen LogP contribution in [0.15, 0.2) is 24.3 Å². The number of hydrogen-bond acceptors (Lipinski definition) is 3. The summed E-state index contributed by atoms with van der Waals surface area (Å²) < 4.78 is 0. The van der Waals surface area contributed by atoms with E-state index in [2.05, 4.69) is 41.4 Å². The summed E-state index contributed by atoms with van der Waals surface area (Å²) in [6, 6.07) is 8.27. The summed E-state index contributed by atoms with van der Waals surface area (Å²) >= 11 is 0. The van der Waals surface area contributed by atoms with Crippen molar-refractivity contribution in [1.29, 1.82) is 0 Å². The van der Waals surface area contributed by atoms with Crippen molar-refractivity contribution in [3.05, 3.63) is 35.4 Å². The molecule has 0 bridgehead atoms. The van der Waals surface area contributed by atoms with Gasteiger partial charge in [-0.1, -0.05) is 29.8 Å². The standard InChI is InChI=1S/C17H27N3O.ClH/c1-14-4-6-15(7-5-14)11-19-17(21)13-20-10-2-3-16(12-20)8-9-18;/h4-7,16H,2-3,8-13,18H2,1H3,(H,19,21);1H. The quantitative estimate of drug-likeness (QED) is 0.842. The van der Waals surface area contributed by atoms with Crippen molar-refractivity contribution in [1.82, 2.24) is 10.2 Å². The van der Waals surface area contributed by atoms with Gasteiger partial charge in [0.05, 0.1) is 6.54 Å². The second kappa shape index (κ2) is 9.82. The van der Waals surface area contributed by atoms with Gasteiger partial charge in [0.2, 0.25) is 5.91 Å². The second-order valence-corrected chi connectivity index (χ2v) is 6.08. The molecular weight excluding hydrogens is 298 g/mol. The number of amides is 1. The summed E-state index contributed by atoms with van der Waals surface area (Å²) in [6.45, 7) is 5.97. The molecule has 1 aromatic rings.